The van der Waals surface area contributed by atoms with Crippen LogP contribution in [-0.4, -0.2) is 18.1 Å². The van der Waals surface area contributed by atoms with Gasteiger partial charge in [0, 0.05) is 23.8 Å². The van der Waals surface area contributed by atoms with E-state index < -0.39 is 0 Å². The van der Waals surface area contributed by atoms with Crippen molar-refractivity contribution in [2.75, 3.05) is 18.0 Å². The van der Waals surface area contributed by atoms with Gasteiger partial charge in [0.1, 0.15) is 5.82 Å². The van der Waals surface area contributed by atoms with Gasteiger partial charge in [-0.2, -0.15) is 0 Å². The standard InChI is InChI=1S/C17H20BrCl2N3/c18-14-5-7-17(22-11-14)23(9-3-1-2-8-21)12-13-4-6-15(19)16(20)10-13/h4-7,10-11H,1-3,8-9,12,21H2. The van der Waals surface area contributed by atoms with Crippen molar-refractivity contribution in [1.82, 2.24) is 4.98 Å². The predicted octanol–water partition coefficient (Wildman–Crippen LogP) is 5.29. The summed E-state index contributed by atoms with van der Waals surface area (Å²) < 4.78 is 0.971. The van der Waals surface area contributed by atoms with Gasteiger partial charge in [-0.3, -0.25) is 0 Å². The van der Waals surface area contributed by atoms with Gasteiger partial charge in [0.25, 0.3) is 0 Å². The van der Waals surface area contributed by atoms with E-state index in [1.54, 1.807) is 0 Å². The maximum Gasteiger partial charge on any atom is 0.128 e. The van der Waals surface area contributed by atoms with Crippen molar-refractivity contribution in [1.29, 1.82) is 0 Å². The summed E-state index contributed by atoms with van der Waals surface area (Å²) in [4.78, 5) is 6.76. The Hall–Kier alpha value is -0.810. The predicted molar refractivity (Wildman–Crippen MR) is 102 cm³/mol. The van der Waals surface area contributed by atoms with Crippen LogP contribution in [-0.2, 0) is 6.54 Å². The number of pyridine rings is 1. The van der Waals surface area contributed by atoms with E-state index in [0.717, 1.165) is 54.8 Å². The average Bonchev–Trinajstić information content (AvgIpc) is 2.54. The van der Waals surface area contributed by atoms with Crippen LogP contribution < -0.4 is 10.6 Å². The third-order valence-electron chi connectivity index (χ3n) is 3.53. The van der Waals surface area contributed by atoms with Gasteiger partial charge < -0.3 is 10.6 Å². The summed E-state index contributed by atoms with van der Waals surface area (Å²) in [6.45, 7) is 2.41. The highest BCUT2D eigenvalue weighted by molar-refractivity contribution is 9.10. The van der Waals surface area contributed by atoms with E-state index in [0.29, 0.717) is 10.0 Å². The van der Waals surface area contributed by atoms with Crippen molar-refractivity contribution in [3.05, 3.63) is 56.6 Å². The minimum atomic E-state index is 0.576. The maximum atomic E-state index is 6.12. The lowest BCUT2D eigenvalue weighted by Crippen LogP contribution is -2.25. The Morgan fingerprint density at radius 2 is 1.87 bits per heavy atom. The number of aromatic nitrogens is 1. The lowest BCUT2D eigenvalue weighted by molar-refractivity contribution is 0.652. The second-order valence-electron chi connectivity index (χ2n) is 5.35. The van der Waals surface area contributed by atoms with Crippen molar-refractivity contribution in [2.45, 2.75) is 25.8 Å². The summed E-state index contributed by atoms with van der Waals surface area (Å²) in [5.41, 5.74) is 6.68. The van der Waals surface area contributed by atoms with Gasteiger partial charge in [-0.1, -0.05) is 35.7 Å². The molecule has 0 spiro atoms. The number of rotatable bonds is 8. The lowest BCUT2D eigenvalue weighted by atomic mass is 10.2. The van der Waals surface area contributed by atoms with Crippen molar-refractivity contribution in [3.63, 3.8) is 0 Å². The molecule has 124 valence electrons. The largest absolute Gasteiger partial charge is 0.352 e. The first-order chi connectivity index (χ1) is 11.1. The summed E-state index contributed by atoms with van der Waals surface area (Å²) in [5, 5.41) is 1.16. The smallest absolute Gasteiger partial charge is 0.128 e. The normalized spacial score (nSPS) is 10.8. The molecule has 0 saturated carbocycles. The Bertz CT molecular complexity index is 620. The molecule has 0 aliphatic carbocycles. The van der Waals surface area contributed by atoms with Crippen LogP contribution in [0.1, 0.15) is 24.8 Å². The second kappa shape index (κ2) is 9.48. The van der Waals surface area contributed by atoms with Crippen molar-refractivity contribution in [2.24, 2.45) is 5.73 Å². The van der Waals surface area contributed by atoms with Gasteiger partial charge in [0.15, 0.2) is 0 Å². The van der Waals surface area contributed by atoms with Gasteiger partial charge in [-0.15, -0.1) is 0 Å². The minimum Gasteiger partial charge on any atom is -0.352 e. The zero-order valence-corrected chi connectivity index (χ0v) is 15.9. The number of nitrogens with zero attached hydrogens (tertiary/aromatic N) is 2. The van der Waals surface area contributed by atoms with Gasteiger partial charge in [0.2, 0.25) is 0 Å². The molecule has 0 unspecified atom stereocenters. The fraction of sp³-hybridized carbons (Fsp3) is 0.353. The molecule has 1 aromatic heterocycles. The fourth-order valence-electron chi connectivity index (χ4n) is 2.31. The van der Waals surface area contributed by atoms with E-state index in [1.807, 2.05) is 36.5 Å². The van der Waals surface area contributed by atoms with E-state index in [4.69, 9.17) is 28.9 Å². The van der Waals surface area contributed by atoms with Crippen LogP contribution in [0.15, 0.2) is 41.0 Å². The summed E-state index contributed by atoms with van der Waals surface area (Å²) in [7, 11) is 0. The third-order valence-corrected chi connectivity index (χ3v) is 4.73. The number of halogens is 3. The lowest BCUT2D eigenvalue weighted by Gasteiger charge is -2.24. The van der Waals surface area contributed by atoms with Gasteiger partial charge in [0.05, 0.1) is 10.0 Å². The molecular weight excluding hydrogens is 397 g/mol. The highest BCUT2D eigenvalue weighted by Crippen LogP contribution is 2.25. The molecule has 3 nitrogen and oxygen atoms in total. The Kier molecular flexibility index (Phi) is 7.63. The molecule has 0 amide bonds. The highest BCUT2D eigenvalue weighted by atomic mass is 79.9. The first-order valence-corrected chi connectivity index (χ1v) is 9.15. The number of unbranched alkanes of at least 4 members (excludes halogenated alkanes) is 2. The molecule has 0 aliphatic rings. The second-order valence-corrected chi connectivity index (χ2v) is 7.08. The molecule has 1 aromatic carbocycles. The monoisotopic (exact) mass is 415 g/mol. The molecule has 2 N–H and O–H groups in total. The Morgan fingerprint density at radius 1 is 1.04 bits per heavy atom. The molecule has 0 atom stereocenters. The highest BCUT2D eigenvalue weighted by Gasteiger charge is 2.10. The topological polar surface area (TPSA) is 42.1 Å². The summed E-state index contributed by atoms with van der Waals surface area (Å²) in [5.74, 6) is 0.951. The molecule has 0 bridgehead atoms. The Balaban J connectivity index is 2.11. The van der Waals surface area contributed by atoms with Crippen LogP contribution in [0.3, 0.4) is 0 Å². The molecule has 2 aromatic rings. The Morgan fingerprint density at radius 3 is 2.52 bits per heavy atom. The van der Waals surface area contributed by atoms with Crippen LogP contribution in [0, 0.1) is 0 Å². The first kappa shape index (κ1) is 18.5. The zero-order chi connectivity index (χ0) is 16.7. The molecule has 23 heavy (non-hydrogen) atoms. The minimum absolute atomic E-state index is 0.576. The fourth-order valence-corrected chi connectivity index (χ4v) is 2.87. The SMILES string of the molecule is NCCCCCN(Cc1ccc(Cl)c(Cl)c1)c1ccc(Br)cn1. The van der Waals surface area contributed by atoms with E-state index in [1.165, 1.54) is 0 Å². The number of nitrogens with two attached hydrogens (primary N) is 1. The molecule has 2 rings (SSSR count). The van der Waals surface area contributed by atoms with Crippen molar-refractivity contribution in [3.8, 4) is 0 Å². The number of hydrogen-bond donors (Lipinski definition) is 1. The number of anilines is 1. The van der Waals surface area contributed by atoms with E-state index in [9.17, 15) is 0 Å². The van der Waals surface area contributed by atoms with Crippen molar-refractivity contribution >= 4 is 44.9 Å². The zero-order valence-electron chi connectivity index (χ0n) is 12.8. The number of benzene rings is 1. The van der Waals surface area contributed by atoms with Crippen LogP contribution >= 0.6 is 39.1 Å². The Labute approximate surface area is 155 Å². The van der Waals surface area contributed by atoms with Gasteiger partial charge in [-0.25, -0.2) is 4.98 Å². The summed E-state index contributed by atoms with van der Waals surface area (Å²) >= 11 is 15.5. The van der Waals surface area contributed by atoms with E-state index >= 15 is 0 Å². The number of hydrogen-bond acceptors (Lipinski definition) is 3. The van der Waals surface area contributed by atoms with Crippen LogP contribution in [0.5, 0.6) is 0 Å². The molecule has 0 saturated heterocycles. The van der Waals surface area contributed by atoms with Crippen LogP contribution in [0.4, 0.5) is 5.82 Å². The average molecular weight is 417 g/mol. The van der Waals surface area contributed by atoms with Crippen molar-refractivity contribution < 1.29 is 0 Å². The summed E-state index contributed by atoms with van der Waals surface area (Å²) in [6, 6.07) is 9.77. The molecular formula is C17H20BrCl2N3. The molecule has 0 aliphatic heterocycles. The van der Waals surface area contributed by atoms with Crippen LogP contribution in [0.25, 0.3) is 0 Å². The third kappa shape index (κ3) is 5.96. The molecule has 6 heteroatoms. The molecule has 0 radical (unpaired) electrons. The first-order valence-electron chi connectivity index (χ1n) is 7.60. The van der Waals surface area contributed by atoms with Gasteiger partial charge >= 0.3 is 0 Å². The van der Waals surface area contributed by atoms with Gasteiger partial charge in [-0.05, 0) is 65.1 Å². The van der Waals surface area contributed by atoms with E-state index in [-0.39, 0.29) is 0 Å². The quantitative estimate of drug-likeness (QED) is 0.594. The van der Waals surface area contributed by atoms with Crippen LogP contribution in [0.2, 0.25) is 10.0 Å². The maximum absolute atomic E-state index is 6.12. The van der Waals surface area contributed by atoms with E-state index in [2.05, 4.69) is 25.8 Å². The molecule has 1 heterocycles. The molecule has 0 fully saturated rings. The summed E-state index contributed by atoms with van der Waals surface area (Å²) in [6.07, 6.45) is 5.06.